The van der Waals surface area contributed by atoms with Crippen molar-refractivity contribution in [3.63, 3.8) is 0 Å². The molecule has 1 aromatic rings. The minimum atomic E-state index is 0.0766. The highest BCUT2D eigenvalue weighted by Gasteiger charge is 2.23. The summed E-state index contributed by atoms with van der Waals surface area (Å²) in [5.74, 6) is 1.16. The van der Waals surface area contributed by atoms with Crippen molar-refractivity contribution >= 4 is 51.6 Å². The molecule has 3 rings (SSSR count). The number of nitrogens with zero attached hydrogens (tertiary/aromatic N) is 4. The van der Waals surface area contributed by atoms with Crippen molar-refractivity contribution < 1.29 is 9.59 Å². The molecule has 0 aromatic carbocycles. The summed E-state index contributed by atoms with van der Waals surface area (Å²) in [6.07, 6.45) is 5.87. The van der Waals surface area contributed by atoms with E-state index in [-0.39, 0.29) is 11.8 Å². The Morgan fingerprint density at radius 3 is 2.63 bits per heavy atom. The summed E-state index contributed by atoms with van der Waals surface area (Å²) < 4.78 is 0.812. The fraction of sp³-hybridized carbons (Fsp3) is 0.765. The molecule has 1 saturated carbocycles. The Morgan fingerprint density at radius 1 is 1.19 bits per heavy atom. The van der Waals surface area contributed by atoms with E-state index >= 15 is 0 Å². The molecule has 2 fully saturated rings. The summed E-state index contributed by atoms with van der Waals surface area (Å²) in [7, 11) is 0. The van der Waals surface area contributed by atoms with Crippen molar-refractivity contribution in [1.29, 1.82) is 0 Å². The molecule has 1 aliphatic heterocycles. The number of hydrogen-bond donors (Lipinski definition) is 1. The smallest absolute Gasteiger partial charge is 0.230 e. The first-order valence-corrected chi connectivity index (χ1v) is 11.8. The van der Waals surface area contributed by atoms with Gasteiger partial charge < -0.3 is 15.1 Å². The van der Waals surface area contributed by atoms with Crippen LogP contribution in [-0.4, -0.2) is 70.8 Å². The first kappa shape index (κ1) is 20.7. The molecule has 27 heavy (non-hydrogen) atoms. The predicted octanol–water partition coefficient (Wildman–Crippen LogP) is 2.36. The first-order valence-electron chi connectivity index (χ1n) is 9.50. The topological polar surface area (TPSA) is 78.4 Å². The van der Waals surface area contributed by atoms with E-state index in [9.17, 15) is 9.59 Å². The molecule has 10 heteroatoms. The molecular weight excluding hydrogens is 406 g/mol. The number of aromatic nitrogens is 2. The van der Waals surface area contributed by atoms with Gasteiger partial charge in [-0.2, -0.15) is 0 Å². The summed E-state index contributed by atoms with van der Waals surface area (Å²) in [6.45, 7) is 2.92. The molecular formula is C17H26ClN5O2S2. The van der Waals surface area contributed by atoms with E-state index in [1.165, 1.54) is 35.9 Å². The van der Waals surface area contributed by atoms with Gasteiger partial charge in [0.15, 0.2) is 4.34 Å². The van der Waals surface area contributed by atoms with Crippen molar-refractivity contribution in [3.8, 4) is 0 Å². The zero-order valence-corrected chi connectivity index (χ0v) is 17.8. The normalized spacial score (nSPS) is 18.1. The van der Waals surface area contributed by atoms with Crippen molar-refractivity contribution in [3.05, 3.63) is 0 Å². The standard InChI is InChI=1S/C17H26ClN5O2S2/c18-7-3-6-15(25)22-8-10-23(11-9-22)16-20-21-17(27-16)26-12-14(24)19-13-4-1-2-5-13/h13H,1-12H2,(H,19,24). The van der Waals surface area contributed by atoms with Gasteiger partial charge in [0, 0.05) is 44.5 Å². The maximum atomic E-state index is 12.1. The second-order valence-corrected chi connectivity index (χ2v) is 9.40. The monoisotopic (exact) mass is 431 g/mol. The molecule has 0 spiro atoms. The molecule has 0 bridgehead atoms. The average molecular weight is 432 g/mol. The number of carbonyl (C=O) groups excluding carboxylic acids is 2. The predicted molar refractivity (Wildman–Crippen MR) is 110 cm³/mol. The number of piperazine rings is 1. The van der Waals surface area contributed by atoms with Crippen LogP contribution in [-0.2, 0) is 9.59 Å². The van der Waals surface area contributed by atoms with E-state index in [0.717, 1.165) is 41.8 Å². The van der Waals surface area contributed by atoms with Gasteiger partial charge in [-0.25, -0.2) is 0 Å². The number of nitrogens with one attached hydrogen (secondary N) is 1. The van der Waals surface area contributed by atoms with E-state index in [4.69, 9.17) is 11.6 Å². The van der Waals surface area contributed by atoms with E-state index in [0.29, 0.717) is 37.2 Å². The van der Waals surface area contributed by atoms with E-state index < -0.39 is 0 Å². The lowest BCUT2D eigenvalue weighted by Crippen LogP contribution is -2.48. The quantitative estimate of drug-likeness (QED) is 0.502. The molecule has 2 amide bonds. The van der Waals surface area contributed by atoms with Crippen LogP contribution in [0.5, 0.6) is 0 Å². The molecule has 150 valence electrons. The zero-order chi connectivity index (χ0) is 19.1. The Morgan fingerprint density at radius 2 is 1.93 bits per heavy atom. The molecule has 0 atom stereocenters. The number of thioether (sulfide) groups is 1. The number of anilines is 1. The van der Waals surface area contributed by atoms with Crippen LogP contribution < -0.4 is 10.2 Å². The van der Waals surface area contributed by atoms with E-state index in [2.05, 4.69) is 20.4 Å². The van der Waals surface area contributed by atoms with Gasteiger partial charge in [0.05, 0.1) is 5.75 Å². The molecule has 2 aliphatic rings. The summed E-state index contributed by atoms with van der Waals surface area (Å²) in [5, 5.41) is 12.4. The maximum Gasteiger partial charge on any atom is 0.230 e. The van der Waals surface area contributed by atoms with Crippen molar-refractivity contribution in [2.75, 3.05) is 42.7 Å². The van der Waals surface area contributed by atoms with Gasteiger partial charge in [-0.3, -0.25) is 9.59 Å². The molecule has 1 aromatic heterocycles. The highest BCUT2D eigenvalue weighted by molar-refractivity contribution is 8.01. The third-order valence-corrected chi connectivity index (χ3v) is 7.25. The largest absolute Gasteiger partial charge is 0.353 e. The Bertz CT molecular complexity index is 631. The van der Waals surface area contributed by atoms with Gasteiger partial charge >= 0.3 is 0 Å². The van der Waals surface area contributed by atoms with Crippen LogP contribution in [0.1, 0.15) is 38.5 Å². The third kappa shape index (κ3) is 6.22. The minimum absolute atomic E-state index is 0.0766. The van der Waals surface area contributed by atoms with E-state index in [1.54, 1.807) is 0 Å². The second-order valence-electron chi connectivity index (χ2n) is 6.85. The summed E-state index contributed by atoms with van der Waals surface area (Å²) in [4.78, 5) is 28.1. The highest BCUT2D eigenvalue weighted by atomic mass is 35.5. The van der Waals surface area contributed by atoms with Gasteiger partial charge in [-0.1, -0.05) is 35.9 Å². The maximum absolute atomic E-state index is 12.1. The number of rotatable bonds is 8. The Hall–Kier alpha value is -1.06. The lowest BCUT2D eigenvalue weighted by atomic mass is 10.2. The Labute approximate surface area is 173 Å². The summed E-state index contributed by atoms with van der Waals surface area (Å²) in [6, 6.07) is 0.353. The van der Waals surface area contributed by atoms with Gasteiger partial charge in [0.2, 0.25) is 16.9 Å². The van der Waals surface area contributed by atoms with Crippen LogP contribution >= 0.6 is 34.7 Å². The third-order valence-electron chi connectivity index (χ3n) is 4.87. The summed E-state index contributed by atoms with van der Waals surface area (Å²) in [5.41, 5.74) is 0. The average Bonchev–Trinajstić information content (AvgIpc) is 3.36. The lowest BCUT2D eigenvalue weighted by molar-refractivity contribution is -0.131. The summed E-state index contributed by atoms with van der Waals surface area (Å²) >= 11 is 8.61. The molecule has 1 aliphatic carbocycles. The molecule has 0 unspecified atom stereocenters. The number of halogens is 1. The van der Waals surface area contributed by atoms with Crippen LogP contribution in [0, 0.1) is 0 Å². The lowest BCUT2D eigenvalue weighted by Gasteiger charge is -2.34. The van der Waals surface area contributed by atoms with E-state index in [1.807, 2.05) is 4.90 Å². The highest BCUT2D eigenvalue weighted by Crippen LogP contribution is 2.28. The molecule has 2 heterocycles. The van der Waals surface area contributed by atoms with Crippen LogP contribution in [0.2, 0.25) is 0 Å². The minimum Gasteiger partial charge on any atom is -0.353 e. The fourth-order valence-corrected chi connectivity index (χ4v) is 5.22. The second kappa shape index (κ2) is 10.5. The first-order chi connectivity index (χ1) is 13.2. The van der Waals surface area contributed by atoms with Crippen LogP contribution in [0.4, 0.5) is 5.13 Å². The SMILES string of the molecule is O=C(CSc1nnc(N2CCN(C(=O)CCCCl)CC2)s1)NC1CCCC1. The Kier molecular flexibility index (Phi) is 8.02. The molecule has 0 radical (unpaired) electrons. The van der Waals surface area contributed by atoms with Gasteiger partial charge in [-0.05, 0) is 19.3 Å². The number of hydrogen-bond acceptors (Lipinski definition) is 7. The fourth-order valence-electron chi connectivity index (χ4n) is 3.38. The Balaban J connectivity index is 1.40. The van der Waals surface area contributed by atoms with Crippen LogP contribution in [0.15, 0.2) is 4.34 Å². The molecule has 7 nitrogen and oxygen atoms in total. The zero-order valence-electron chi connectivity index (χ0n) is 15.4. The van der Waals surface area contributed by atoms with Gasteiger partial charge in [0.25, 0.3) is 0 Å². The number of carbonyl (C=O) groups is 2. The molecule has 1 saturated heterocycles. The molecule has 1 N–H and O–H groups in total. The van der Waals surface area contributed by atoms with Gasteiger partial charge in [-0.15, -0.1) is 21.8 Å². The van der Waals surface area contributed by atoms with Crippen molar-refractivity contribution in [1.82, 2.24) is 20.4 Å². The van der Waals surface area contributed by atoms with Crippen LogP contribution in [0.25, 0.3) is 0 Å². The number of alkyl halides is 1. The van der Waals surface area contributed by atoms with Gasteiger partial charge in [0.1, 0.15) is 0 Å². The number of amides is 2. The van der Waals surface area contributed by atoms with Crippen molar-refractivity contribution in [2.24, 2.45) is 0 Å². The van der Waals surface area contributed by atoms with Crippen molar-refractivity contribution in [2.45, 2.75) is 48.9 Å². The van der Waals surface area contributed by atoms with Crippen LogP contribution in [0.3, 0.4) is 0 Å².